The summed E-state index contributed by atoms with van der Waals surface area (Å²) in [6, 6.07) is 9.14. The molecule has 1 aromatic carbocycles. The number of hydrogen-bond donors (Lipinski definition) is 1. The van der Waals surface area contributed by atoms with Crippen LogP contribution in [0.2, 0.25) is 5.02 Å². The zero-order chi connectivity index (χ0) is 17.6. The van der Waals surface area contributed by atoms with E-state index in [-0.39, 0.29) is 11.9 Å². The number of amides is 1. The zero-order valence-corrected chi connectivity index (χ0v) is 14.5. The van der Waals surface area contributed by atoms with Crippen molar-refractivity contribution in [2.45, 2.75) is 19.4 Å². The van der Waals surface area contributed by atoms with E-state index in [4.69, 9.17) is 21.9 Å². The van der Waals surface area contributed by atoms with Crippen LogP contribution in [0.4, 0.5) is 0 Å². The number of benzene rings is 1. The molecule has 2 aromatic heterocycles. The number of nitrogens with zero attached hydrogens (tertiary/aromatic N) is 3. The van der Waals surface area contributed by atoms with Crippen LogP contribution in [-0.4, -0.2) is 40.1 Å². The molecule has 0 aliphatic carbocycles. The molecular formula is C18H17ClN4O2. The van der Waals surface area contributed by atoms with Gasteiger partial charge in [-0.05, 0) is 31.5 Å². The van der Waals surface area contributed by atoms with E-state index >= 15 is 0 Å². The summed E-state index contributed by atoms with van der Waals surface area (Å²) in [4.78, 5) is 19.3. The van der Waals surface area contributed by atoms with Crippen molar-refractivity contribution >= 4 is 28.6 Å². The van der Waals surface area contributed by atoms with Crippen LogP contribution in [0.3, 0.4) is 0 Å². The largest absolute Gasteiger partial charge is 0.337 e. The van der Waals surface area contributed by atoms with E-state index < -0.39 is 0 Å². The number of hydrogen-bond acceptors (Lipinski definition) is 5. The molecule has 1 atom stereocenters. The van der Waals surface area contributed by atoms with Gasteiger partial charge in [0.25, 0.3) is 11.6 Å². The van der Waals surface area contributed by atoms with E-state index in [1.165, 1.54) is 0 Å². The van der Waals surface area contributed by atoms with Crippen LogP contribution in [0.5, 0.6) is 0 Å². The van der Waals surface area contributed by atoms with E-state index in [0.717, 1.165) is 12.0 Å². The van der Waals surface area contributed by atoms with Gasteiger partial charge in [-0.25, -0.2) is 4.98 Å². The number of halogens is 1. The number of carbonyl (C=O) groups is 1. The number of rotatable bonds is 2. The van der Waals surface area contributed by atoms with Gasteiger partial charge < -0.3 is 15.2 Å². The molecule has 2 N–H and O–H groups in total. The first-order chi connectivity index (χ1) is 12.0. The Hall–Kier alpha value is -2.44. The van der Waals surface area contributed by atoms with Crippen molar-refractivity contribution < 1.29 is 9.32 Å². The molecular weight excluding hydrogens is 340 g/mol. The Kier molecular flexibility index (Phi) is 3.94. The fraction of sp³-hybridized carbons (Fsp3) is 0.278. The van der Waals surface area contributed by atoms with Crippen molar-refractivity contribution in [3.63, 3.8) is 0 Å². The monoisotopic (exact) mass is 356 g/mol. The number of aromatic nitrogens is 2. The molecule has 7 heteroatoms. The first-order valence-electron chi connectivity index (χ1n) is 8.11. The van der Waals surface area contributed by atoms with E-state index in [1.807, 2.05) is 12.1 Å². The van der Waals surface area contributed by atoms with Crippen molar-refractivity contribution in [2.24, 2.45) is 5.73 Å². The molecule has 0 saturated carbocycles. The summed E-state index contributed by atoms with van der Waals surface area (Å²) in [5.41, 5.74) is 8.92. The molecule has 25 heavy (non-hydrogen) atoms. The highest BCUT2D eigenvalue weighted by atomic mass is 35.5. The van der Waals surface area contributed by atoms with Gasteiger partial charge in [0.15, 0.2) is 0 Å². The Bertz CT molecular complexity index is 969. The number of carbonyl (C=O) groups excluding carboxylic acids is 1. The summed E-state index contributed by atoms with van der Waals surface area (Å²) in [6.07, 6.45) is 0.809. The third-order valence-corrected chi connectivity index (χ3v) is 4.71. The third-order valence-electron chi connectivity index (χ3n) is 4.48. The Morgan fingerprint density at radius 3 is 2.96 bits per heavy atom. The van der Waals surface area contributed by atoms with Crippen molar-refractivity contribution in [1.82, 2.24) is 15.0 Å². The van der Waals surface area contributed by atoms with Gasteiger partial charge in [0.05, 0.1) is 22.3 Å². The number of nitrogens with two attached hydrogens (primary N) is 1. The highest BCUT2D eigenvalue weighted by Gasteiger charge is 2.28. The first-order valence-corrected chi connectivity index (χ1v) is 8.48. The number of fused-ring (bicyclic) bond motifs is 1. The maximum atomic E-state index is 13.1. The van der Waals surface area contributed by atoms with Gasteiger partial charge >= 0.3 is 0 Å². The lowest BCUT2D eigenvalue weighted by atomic mass is 10.0. The molecule has 3 aromatic rings. The SMILES string of the molecule is Cc1noc2nc(-c3cccc(Cl)c3)cc(C(=O)N3CCC(N)C3)c12. The third kappa shape index (κ3) is 2.88. The maximum absolute atomic E-state index is 13.1. The second kappa shape index (κ2) is 6.13. The van der Waals surface area contributed by atoms with Gasteiger partial charge in [-0.3, -0.25) is 4.79 Å². The van der Waals surface area contributed by atoms with Crippen LogP contribution in [0.25, 0.3) is 22.4 Å². The van der Waals surface area contributed by atoms with Gasteiger partial charge in [0.1, 0.15) is 0 Å². The van der Waals surface area contributed by atoms with Crippen LogP contribution in [0.15, 0.2) is 34.9 Å². The molecule has 4 rings (SSSR count). The Morgan fingerprint density at radius 2 is 2.24 bits per heavy atom. The first kappa shape index (κ1) is 16.1. The molecule has 128 valence electrons. The minimum Gasteiger partial charge on any atom is -0.337 e. The average Bonchev–Trinajstić information content (AvgIpc) is 3.20. The summed E-state index contributed by atoms with van der Waals surface area (Å²) in [5.74, 6) is -0.0741. The van der Waals surface area contributed by atoms with E-state index in [9.17, 15) is 4.79 Å². The highest BCUT2D eigenvalue weighted by molar-refractivity contribution is 6.30. The predicted molar refractivity (Wildman–Crippen MR) is 95.5 cm³/mol. The van der Waals surface area contributed by atoms with Crippen molar-refractivity contribution in [2.75, 3.05) is 13.1 Å². The normalized spacial score (nSPS) is 17.4. The standard InChI is InChI=1S/C18H17ClN4O2/c1-10-16-14(18(24)23-6-5-13(20)9-23)8-15(21-17(16)25-22-10)11-3-2-4-12(19)7-11/h2-4,7-8,13H,5-6,9,20H2,1H3. The summed E-state index contributed by atoms with van der Waals surface area (Å²) in [7, 11) is 0. The molecule has 1 aliphatic rings. The van der Waals surface area contributed by atoms with Crippen LogP contribution >= 0.6 is 11.6 Å². The van der Waals surface area contributed by atoms with Gasteiger partial charge in [0.2, 0.25) is 0 Å². The summed E-state index contributed by atoms with van der Waals surface area (Å²) in [5, 5.41) is 5.23. The summed E-state index contributed by atoms with van der Waals surface area (Å²) in [6.45, 7) is 3.01. The minimum absolute atomic E-state index is 0.0252. The summed E-state index contributed by atoms with van der Waals surface area (Å²) < 4.78 is 5.33. The van der Waals surface area contributed by atoms with Gasteiger partial charge in [-0.15, -0.1) is 0 Å². The lowest BCUT2D eigenvalue weighted by molar-refractivity contribution is 0.0792. The topological polar surface area (TPSA) is 85.2 Å². The molecule has 6 nitrogen and oxygen atoms in total. The molecule has 1 saturated heterocycles. The molecule has 3 heterocycles. The molecule has 1 unspecified atom stereocenters. The Morgan fingerprint density at radius 1 is 1.40 bits per heavy atom. The number of pyridine rings is 1. The van der Waals surface area contributed by atoms with E-state index in [1.54, 1.807) is 30.0 Å². The lowest BCUT2D eigenvalue weighted by Crippen LogP contribution is -2.32. The zero-order valence-electron chi connectivity index (χ0n) is 13.7. The summed E-state index contributed by atoms with van der Waals surface area (Å²) >= 11 is 6.09. The van der Waals surface area contributed by atoms with Crippen molar-refractivity contribution in [1.29, 1.82) is 0 Å². The van der Waals surface area contributed by atoms with Crippen molar-refractivity contribution in [3.05, 3.63) is 46.6 Å². The number of aryl methyl sites for hydroxylation is 1. The van der Waals surface area contributed by atoms with Gasteiger partial charge in [-0.1, -0.05) is 28.9 Å². The minimum atomic E-state index is -0.0741. The van der Waals surface area contributed by atoms with Crippen LogP contribution in [0, 0.1) is 6.92 Å². The van der Waals surface area contributed by atoms with E-state index in [0.29, 0.717) is 46.2 Å². The Balaban J connectivity index is 1.86. The van der Waals surface area contributed by atoms with E-state index in [2.05, 4.69) is 10.1 Å². The average molecular weight is 357 g/mol. The quantitative estimate of drug-likeness (QED) is 0.762. The molecule has 0 bridgehead atoms. The molecule has 1 aliphatic heterocycles. The fourth-order valence-electron chi connectivity index (χ4n) is 3.20. The maximum Gasteiger partial charge on any atom is 0.259 e. The second-order valence-corrected chi connectivity index (χ2v) is 6.75. The highest BCUT2D eigenvalue weighted by Crippen LogP contribution is 2.29. The molecule has 0 radical (unpaired) electrons. The second-order valence-electron chi connectivity index (χ2n) is 6.31. The van der Waals surface area contributed by atoms with Gasteiger partial charge in [0, 0.05) is 29.7 Å². The van der Waals surface area contributed by atoms with Crippen LogP contribution in [-0.2, 0) is 0 Å². The number of likely N-dealkylation sites (tertiary alicyclic amines) is 1. The Labute approximate surface area is 149 Å². The molecule has 0 spiro atoms. The fourth-order valence-corrected chi connectivity index (χ4v) is 3.39. The predicted octanol–water partition coefficient (Wildman–Crippen LogP) is 3.02. The van der Waals surface area contributed by atoms with Gasteiger partial charge in [-0.2, -0.15) is 0 Å². The van der Waals surface area contributed by atoms with Crippen LogP contribution < -0.4 is 5.73 Å². The smallest absolute Gasteiger partial charge is 0.259 e. The molecule has 1 amide bonds. The lowest BCUT2D eigenvalue weighted by Gasteiger charge is -2.17. The van der Waals surface area contributed by atoms with Crippen molar-refractivity contribution in [3.8, 4) is 11.3 Å². The van der Waals surface area contributed by atoms with Crippen LogP contribution in [0.1, 0.15) is 22.5 Å². The molecule has 1 fully saturated rings.